The highest BCUT2D eigenvalue weighted by Crippen LogP contribution is 2.54. The van der Waals surface area contributed by atoms with Crippen LogP contribution in [-0.2, 0) is 0 Å². The van der Waals surface area contributed by atoms with Crippen LogP contribution in [0.3, 0.4) is 0 Å². The summed E-state index contributed by atoms with van der Waals surface area (Å²) in [4.78, 5) is 0. The first-order chi connectivity index (χ1) is 15.7. The van der Waals surface area contributed by atoms with Crippen LogP contribution in [0.5, 0.6) is 0 Å². The third kappa shape index (κ3) is 8.69. The lowest BCUT2D eigenvalue weighted by Gasteiger charge is -2.51. The summed E-state index contributed by atoms with van der Waals surface area (Å²) in [5, 5.41) is 0. The van der Waals surface area contributed by atoms with Crippen LogP contribution in [0.2, 0.25) is 6.32 Å². The molecule has 0 amide bonds. The molecular weight excluding hydrogens is 383 g/mol. The van der Waals surface area contributed by atoms with Crippen molar-refractivity contribution in [3.05, 3.63) is 0 Å². The highest BCUT2D eigenvalue weighted by molar-refractivity contribution is 6.08. The van der Waals surface area contributed by atoms with E-state index in [0.29, 0.717) is 5.41 Å². The average molecular weight is 443 g/mol. The molecule has 3 saturated carbocycles. The first kappa shape index (κ1) is 26.7. The zero-order valence-corrected chi connectivity index (χ0v) is 22.5. The van der Waals surface area contributed by atoms with Crippen molar-refractivity contribution < 1.29 is 0 Å². The minimum Gasteiger partial charge on any atom is -0.0783 e. The molecule has 0 aromatic heterocycles. The third-order valence-corrected chi connectivity index (χ3v) is 10.6. The standard InChI is InChI=1S/C31H59B/c1-31(30-21-17-13-9-11-15-19-28(25-30)26-32)23-22-27-18-14-10-7-5-3-2-4-6-8-12-16-20-29(31)24-27/h27-30H,2-26,32H2,1H3. The van der Waals surface area contributed by atoms with Crippen molar-refractivity contribution in [1.29, 1.82) is 0 Å². The van der Waals surface area contributed by atoms with Gasteiger partial charge in [0.25, 0.3) is 0 Å². The molecule has 0 spiro atoms. The molecule has 0 nitrogen and oxygen atoms in total. The summed E-state index contributed by atoms with van der Waals surface area (Å²) in [5.41, 5.74) is 0.647. The fourth-order valence-corrected chi connectivity index (χ4v) is 8.13. The smallest absolute Gasteiger partial charge is 0.0783 e. The Morgan fingerprint density at radius 3 is 1.50 bits per heavy atom. The minimum atomic E-state index is 0.647. The summed E-state index contributed by atoms with van der Waals surface area (Å²) in [7, 11) is 2.49. The molecule has 0 saturated heterocycles. The Labute approximate surface area is 204 Å². The maximum Gasteiger partial charge on any atom is 0.101 e. The van der Waals surface area contributed by atoms with Crippen LogP contribution in [0, 0.1) is 29.1 Å². The van der Waals surface area contributed by atoms with E-state index in [1.807, 2.05) is 0 Å². The lowest BCUT2D eigenvalue weighted by Crippen LogP contribution is -2.41. The Bertz CT molecular complexity index is 473. The molecule has 0 aromatic rings. The fourth-order valence-electron chi connectivity index (χ4n) is 8.13. The second kappa shape index (κ2) is 15.1. The highest BCUT2D eigenvalue weighted by atomic mass is 14.5. The van der Waals surface area contributed by atoms with Gasteiger partial charge in [0.1, 0.15) is 7.85 Å². The molecule has 32 heavy (non-hydrogen) atoms. The second-order valence-electron chi connectivity index (χ2n) is 12.9. The van der Waals surface area contributed by atoms with Crippen molar-refractivity contribution in [2.45, 2.75) is 167 Å². The zero-order valence-electron chi connectivity index (χ0n) is 22.5. The third-order valence-electron chi connectivity index (χ3n) is 10.6. The molecule has 3 fully saturated rings. The van der Waals surface area contributed by atoms with Crippen LogP contribution in [0.25, 0.3) is 0 Å². The number of hydrogen-bond donors (Lipinski definition) is 0. The van der Waals surface area contributed by atoms with Crippen molar-refractivity contribution in [3.63, 3.8) is 0 Å². The Morgan fingerprint density at radius 2 is 0.969 bits per heavy atom. The van der Waals surface area contributed by atoms with Gasteiger partial charge in [-0.2, -0.15) is 0 Å². The van der Waals surface area contributed by atoms with E-state index in [4.69, 9.17) is 0 Å². The Balaban J connectivity index is 1.67. The van der Waals surface area contributed by atoms with Gasteiger partial charge >= 0.3 is 0 Å². The van der Waals surface area contributed by atoms with Gasteiger partial charge in [0.05, 0.1) is 0 Å². The van der Waals surface area contributed by atoms with Crippen LogP contribution in [0.1, 0.15) is 161 Å². The Kier molecular flexibility index (Phi) is 12.6. The largest absolute Gasteiger partial charge is 0.101 e. The average Bonchev–Trinajstić information content (AvgIpc) is 2.81. The predicted molar refractivity (Wildman–Crippen MR) is 146 cm³/mol. The maximum absolute atomic E-state index is 2.80. The van der Waals surface area contributed by atoms with Crippen molar-refractivity contribution >= 4 is 7.85 Å². The second-order valence-corrected chi connectivity index (χ2v) is 12.9. The van der Waals surface area contributed by atoms with E-state index in [1.165, 1.54) is 115 Å². The summed E-state index contributed by atoms with van der Waals surface area (Å²) in [6, 6.07) is 0. The van der Waals surface area contributed by atoms with Gasteiger partial charge in [0.2, 0.25) is 0 Å². The molecule has 3 aliphatic carbocycles. The first-order valence-corrected chi connectivity index (χ1v) is 15.7. The minimum absolute atomic E-state index is 0.647. The van der Waals surface area contributed by atoms with Gasteiger partial charge in [-0.15, -0.1) is 0 Å². The van der Waals surface area contributed by atoms with Crippen LogP contribution >= 0.6 is 0 Å². The molecule has 0 heterocycles. The normalized spacial score (nSPS) is 38.0. The lowest BCUT2D eigenvalue weighted by molar-refractivity contribution is -0.00503. The van der Waals surface area contributed by atoms with Crippen molar-refractivity contribution in [2.24, 2.45) is 29.1 Å². The number of fused-ring (bicyclic) bond motifs is 2. The van der Waals surface area contributed by atoms with Gasteiger partial charge in [0, 0.05) is 0 Å². The molecule has 0 aliphatic heterocycles. The molecule has 0 radical (unpaired) electrons. The summed E-state index contributed by atoms with van der Waals surface area (Å²) >= 11 is 0. The fraction of sp³-hybridized carbons (Fsp3) is 1.00. The Hall–Kier alpha value is 0.0649. The van der Waals surface area contributed by atoms with Gasteiger partial charge in [-0.05, 0) is 67.6 Å². The number of rotatable bonds is 2. The van der Waals surface area contributed by atoms with Crippen molar-refractivity contribution in [3.8, 4) is 0 Å². The molecule has 186 valence electrons. The zero-order chi connectivity index (χ0) is 22.5. The molecule has 1 heteroatoms. The van der Waals surface area contributed by atoms with Crippen molar-refractivity contribution in [1.82, 2.24) is 0 Å². The van der Waals surface area contributed by atoms with Crippen LogP contribution < -0.4 is 0 Å². The van der Waals surface area contributed by atoms with E-state index >= 15 is 0 Å². The van der Waals surface area contributed by atoms with Crippen LogP contribution in [0.4, 0.5) is 0 Å². The topological polar surface area (TPSA) is 0 Å². The van der Waals surface area contributed by atoms with E-state index in [-0.39, 0.29) is 0 Å². The van der Waals surface area contributed by atoms with Crippen LogP contribution in [0.15, 0.2) is 0 Å². The summed E-state index contributed by atoms with van der Waals surface area (Å²) in [6.45, 7) is 2.80. The van der Waals surface area contributed by atoms with E-state index in [0.717, 1.165) is 23.7 Å². The van der Waals surface area contributed by atoms with E-state index in [9.17, 15) is 0 Å². The van der Waals surface area contributed by atoms with E-state index in [1.54, 1.807) is 44.9 Å². The van der Waals surface area contributed by atoms with Gasteiger partial charge in [-0.3, -0.25) is 0 Å². The first-order valence-electron chi connectivity index (χ1n) is 15.7. The van der Waals surface area contributed by atoms with Gasteiger partial charge in [-0.25, -0.2) is 0 Å². The number of hydrogen-bond acceptors (Lipinski definition) is 0. The van der Waals surface area contributed by atoms with Crippen LogP contribution in [-0.4, -0.2) is 7.85 Å². The highest BCUT2D eigenvalue weighted by Gasteiger charge is 2.44. The molecule has 0 N–H and O–H groups in total. The molecule has 0 aromatic carbocycles. The predicted octanol–water partition coefficient (Wildman–Crippen LogP) is 9.91. The summed E-state index contributed by atoms with van der Waals surface area (Å²) in [6.07, 6.45) is 38.0. The van der Waals surface area contributed by atoms with Crippen molar-refractivity contribution in [2.75, 3.05) is 0 Å². The molecule has 5 atom stereocenters. The molecule has 3 rings (SSSR count). The van der Waals surface area contributed by atoms with Gasteiger partial charge in [-0.1, -0.05) is 129 Å². The molecular formula is C31H59B. The lowest BCUT2D eigenvalue weighted by atomic mass is 9.54. The summed E-state index contributed by atoms with van der Waals surface area (Å²) < 4.78 is 0. The monoisotopic (exact) mass is 442 g/mol. The molecule has 5 unspecified atom stereocenters. The molecule has 3 aliphatic rings. The van der Waals surface area contributed by atoms with Gasteiger partial charge < -0.3 is 0 Å². The van der Waals surface area contributed by atoms with Gasteiger partial charge in [0.15, 0.2) is 0 Å². The Morgan fingerprint density at radius 1 is 0.531 bits per heavy atom. The van der Waals surface area contributed by atoms with E-state index in [2.05, 4.69) is 14.8 Å². The summed E-state index contributed by atoms with van der Waals surface area (Å²) in [5.74, 6) is 4.11. The van der Waals surface area contributed by atoms with E-state index < -0.39 is 0 Å². The molecule has 2 bridgehead atoms. The quantitative estimate of drug-likeness (QED) is 0.373. The maximum atomic E-state index is 2.80. The SMILES string of the molecule is BCC1CCCCCCCC(C2(C)CCC3CCCCCCCCCCCCCC2C3)C1.